The van der Waals surface area contributed by atoms with Crippen LogP contribution in [0.2, 0.25) is 0 Å². The zero-order valence-electron chi connectivity index (χ0n) is 12.9. The quantitative estimate of drug-likeness (QED) is 0.867. The van der Waals surface area contributed by atoms with Gasteiger partial charge in [-0.1, -0.05) is 56.3 Å². The van der Waals surface area contributed by atoms with Crippen LogP contribution in [-0.4, -0.2) is 0 Å². The second kappa shape index (κ2) is 7.06. The van der Waals surface area contributed by atoms with Gasteiger partial charge in [-0.2, -0.15) is 5.26 Å². The number of benzene rings is 2. The van der Waals surface area contributed by atoms with Gasteiger partial charge in [-0.15, -0.1) is 0 Å². The number of rotatable bonds is 5. The fraction of sp³-hybridized carbons (Fsp3) is 0.316. The third-order valence-electron chi connectivity index (χ3n) is 3.79. The molecule has 0 fully saturated rings. The van der Waals surface area contributed by atoms with Crippen molar-refractivity contribution in [3.05, 3.63) is 71.3 Å². The standard InChI is InChI=1S/C19H22N2/c1-14(2)19(18-7-5-4-6-8-18)21-15(3)17-11-9-16(13-20)10-12-17/h4-12,14-15,19,21H,1-3H3. The Morgan fingerprint density at radius 3 is 2.00 bits per heavy atom. The molecule has 21 heavy (non-hydrogen) atoms. The van der Waals surface area contributed by atoms with E-state index in [1.807, 2.05) is 30.3 Å². The summed E-state index contributed by atoms with van der Waals surface area (Å²) in [6, 6.07) is 21.1. The summed E-state index contributed by atoms with van der Waals surface area (Å²) in [7, 11) is 0. The molecule has 0 aromatic heterocycles. The Hall–Kier alpha value is -2.11. The highest BCUT2D eigenvalue weighted by Crippen LogP contribution is 2.25. The molecule has 0 saturated heterocycles. The van der Waals surface area contributed by atoms with Crippen molar-refractivity contribution in [2.75, 3.05) is 0 Å². The lowest BCUT2D eigenvalue weighted by Gasteiger charge is -2.27. The first-order valence-corrected chi connectivity index (χ1v) is 7.43. The van der Waals surface area contributed by atoms with Crippen LogP contribution >= 0.6 is 0 Å². The number of nitriles is 1. The molecule has 2 unspecified atom stereocenters. The Labute approximate surface area is 127 Å². The number of hydrogen-bond acceptors (Lipinski definition) is 2. The Kier molecular flexibility index (Phi) is 5.14. The average Bonchev–Trinajstić information content (AvgIpc) is 2.53. The van der Waals surface area contributed by atoms with Crippen LogP contribution in [0.5, 0.6) is 0 Å². The topological polar surface area (TPSA) is 35.8 Å². The molecule has 2 rings (SSSR count). The van der Waals surface area contributed by atoms with Crippen LogP contribution in [0, 0.1) is 17.2 Å². The second-order valence-corrected chi connectivity index (χ2v) is 5.75. The van der Waals surface area contributed by atoms with Gasteiger partial charge in [-0.3, -0.25) is 0 Å². The monoisotopic (exact) mass is 278 g/mol. The lowest BCUT2D eigenvalue weighted by atomic mass is 9.94. The molecule has 2 aromatic rings. The summed E-state index contributed by atoms with van der Waals surface area (Å²) < 4.78 is 0. The smallest absolute Gasteiger partial charge is 0.0991 e. The van der Waals surface area contributed by atoms with Crippen LogP contribution in [0.15, 0.2) is 54.6 Å². The Balaban J connectivity index is 2.15. The minimum atomic E-state index is 0.241. The predicted octanol–water partition coefficient (Wildman–Crippen LogP) is 4.61. The molecule has 0 aliphatic heterocycles. The van der Waals surface area contributed by atoms with Crippen molar-refractivity contribution in [1.29, 1.82) is 5.26 Å². The molecule has 2 aromatic carbocycles. The lowest BCUT2D eigenvalue weighted by Crippen LogP contribution is -2.28. The number of nitrogens with one attached hydrogen (secondary N) is 1. The summed E-state index contributed by atoms with van der Waals surface area (Å²) >= 11 is 0. The molecular formula is C19H22N2. The molecular weight excluding hydrogens is 256 g/mol. The van der Waals surface area contributed by atoms with E-state index in [-0.39, 0.29) is 6.04 Å². The van der Waals surface area contributed by atoms with Gasteiger partial charge in [0.2, 0.25) is 0 Å². The van der Waals surface area contributed by atoms with E-state index in [9.17, 15) is 0 Å². The molecule has 2 nitrogen and oxygen atoms in total. The van der Waals surface area contributed by atoms with Crippen LogP contribution in [-0.2, 0) is 0 Å². The second-order valence-electron chi connectivity index (χ2n) is 5.75. The Bertz CT molecular complexity index is 594. The van der Waals surface area contributed by atoms with Gasteiger partial charge in [-0.05, 0) is 36.1 Å². The van der Waals surface area contributed by atoms with Crippen molar-refractivity contribution in [2.24, 2.45) is 5.92 Å². The van der Waals surface area contributed by atoms with Crippen molar-refractivity contribution in [1.82, 2.24) is 5.32 Å². The maximum atomic E-state index is 8.87. The zero-order chi connectivity index (χ0) is 15.2. The normalized spacial score (nSPS) is 13.7. The molecule has 0 aliphatic carbocycles. The van der Waals surface area contributed by atoms with E-state index in [0.717, 1.165) is 0 Å². The molecule has 0 amide bonds. The third kappa shape index (κ3) is 3.93. The van der Waals surface area contributed by atoms with Crippen molar-refractivity contribution in [3.63, 3.8) is 0 Å². The predicted molar refractivity (Wildman–Crippen MR) is 86.7 cm³/mol. The van der Waals surface area contributed by atoms with Gasteiger partial charge in [0.15, 0.2) is 0 Å². The van der Waals surface area contributed by atoms with Gasteiger partial charge in [0.25, 0.3) is 0 Å². The van der Waals surface area contributed by atoms with Crippen molar-refractivity contribution < 1.29 is 0 Å². The molecule has 0 bridgehead atoms. The van der Waals surface area contributed by atoms with Crippen LogP contribution in [0.4, 0.5) is 0 Å². The maximum absolute atomic E-state index is 8.87. The summed E-state index contributed by atoms with van der Waals surface area (Å²) in [5.74, 6) is 0.508. The maximum Gasteiger partial charge on any atom is 0.0991 e. The van der Waals surface area contributed by atoms with Gasteiger partial charge in [-0.25, -0.2) is 0 Å². The summed E-state index contributed by atoms with van der Waals surface area (Å²) in [4.78, 5) is 0. The van der Waals surface area contributed by atoms with Crippen LogP contribution in [0.3, 0.4) is 0 Å². The summed E-state index contributed by atoms with van der Waals surface area (Å²) in [5, 5.41) is 12.6. The molecule has 0 aliphatic rings. The molecule has 2 atom stereocenters. The summed E-state index contributed by atoms with van der Waals surface area (Å²) in [6.45, 7) is 6.63. The van der Waals surface area contributed by atoms with E-state index in [1.54, 1.807) is 0 Å². The summed E-state index contributed by atoms with van der Waals surface area (Å²) in [6.07, 6.45) is 0. The summed E-state index contributed by atoms with van der Waals surface area (Å²) in [5.41, 5.74) is 3.22. The lowest BCUT2D eigenvalue weighted by molar-refractivity contribution is 0.374. The van der Waals surface area contributed by atoms with E-state index >= 15 is 0 Å². The van der Waals surface area contributed by atoms with Crippen molar-refractivity contribution in [3.8, 4) is 6.07 Å². The van der Waals surface area contributed by atoms with E-state index in [0.29, 0.717) is 17.5 Å². The van der Waals surface area contributed by atoms with E-state index < -0.39 is 0 Å². The van der Waals surface area contributed by atoms with E-state index in [2.05, 4.69) is 56.4 Å². The van der Waals surface area contributed by atoms with E-state index in [4.69, 9.17) is 5.26 Å². The van der Waals surface area contributed by atoms with Crippen molar-refractivity contribution in [2.45, 2.75) is 32.9 Å². The zero-order valence-corrected chi connectivity index (χ0v) is 12.9. The van der Waals surface area contributed by atoms with Gasteiger partial charge in [0.05, 0.1) is 11.6 Å². The fourth-order valence-corrected chi connectivity index (χ4v) is 2.55. The van der Waals surface area contributed by atoms with E-state index in [1.165, 1.54) is 11.1 Å². The first-order chi connectivity index (χ1) is 10.1. The highest BCUT2D eigenvalue weighted by Gasteiger charge is 2.18. The van der Waals surface area contributed by atoms with Crippen LogP contribution < -0.4 is 5.32 Å². The minimum absolute atomic E-state index is 0.241. The highest BCUT2D eigenvalue weighted by atomic mass is 14.9. The highest BCUT2D eigenvalue weighted by molar-refractivity contribution is 5.33. The molecule has 2 heteroatoms. The number of hydrogen-bond donors (Lipinski definition) is 1. The van der Waals surface area contributed by atoms with Gasteiger partial charge >= 0.3 is 0 Å². The van der Waals surface area contributed by atoms with Gasteiger partial charge in [0, 0.05) is 12.1 Å². The molecule has 0 saturated carbocycles. The molecule has 0 radical (unpaired) electrons. The Morgan fingerprint density at radius 2 is 1.48 bits per heavy atom. The molecule has 108 valence electrons. The average molecular weight is 278 g/mol. The third-order valence-corrected chi connectivity index (χ3v) is 3.79. The van der Waals surface area contributed by atoms with Crippen LogP contribution in [0.25, 0.3) is 0 Å². The Morgan fingerprint density at radius 1 is 0.857 bits per heavy atom. The first kappa shape index (κ1) is 15.3. The fourth-order valence-electron chi connectivity index (χ4n) is 2.55. The molecule has 0 spiro atoms. The minimum Gasteiger partial charge on any atom is -0.303 e. The largest absolute Gasteiger partial charge is 0.303 e. The van der Waals surface area contributed by atoms with Gasteiger partial charge in [0.1, 0.15) is 0 Å². The molecule has 1 N–H and O–H groups in total. The molecule has 0 heterocycles. The first-order valence-electron chi connectivity index (χ1n) is 7.43. The number of nitrogens with zero attached hydrogens (tertiary/aromatic N) is 1. The van der Waals surface area contributed by atoms with Gasteiger partial charge < -0.3 is 5.32 Å². The van der Waals surface area contributed by atoms with Crippen LogP contribution in [0.1, 0.15) is 49.5 Å². The van der Waals surface area contributed by atoms with Crippen molar-refractivity contribution >= 4 is 0 Å². The SMILES string of the molecule is CC(NC(c1ccccc1)C(C)C)c1ccc(C#N)cc1.